The van der Waals surface area contributed by atoms with Gasteiger partial charge in [0.05, 0.1) is 18.9 Å². The fourth-order valence-corrected chi connectivity index (χ4v) is 1.40. The number of nitrogens with one attached hydrogen (secondary N) is 1. The van der Waals surface area contributed by atoms with Crippen LogP contribution in [0.1, 0.15) is 24.2 Å². The molecule has 98 valence electrons. The number of rotatable bonds is 4. The zero-order valence-electron chi connectivity index (χ0n) is 10.4. The predicted molar refractivity (Wildman–Crippen MR) is 62.3 cm³/mol. The number of pyridine rings is 1. The monoisotopic (exact) mass is 254 g/mol. The van der Waals surface area contributed by atoms with Crippen LogP contribution >= 0.6 is 0 Å². The second-order valence-electron chi connectivity index (χ2n) is 4.07. The van der Waals surface area contributed by atoms with Crippen LogP contribution in [-0.2, 0) is 9.53 Å². The van der Waals surface area contributed by atoms with Crippen molar-refractivity contribution in [1.82, 2.24) is 10.3 Å². The number of halogens is 1. The first-order chi connectivity index (χ1) is 8.47. The van der Waals surface area contributed by atoms with Gasteiger partial charge in [0.2, 0.25) is 0 Å². The van der Waals surface area contributed by atoms with E-state index in [0.29, 0.717) is 0 Å². The Hall–Kier alpha value is -1.98. The Kier molecular flexibility index (Phi) is 4.76. The highest BCUT2D eigenvalue weighted by Crippen LogP contribution is 2.08. The molecule has 0 bridgehead atoms. The molecule has 0 aliphatic carbocycles. The highest BCUT2D eigenvalue weighted by Gasteiger charge is 2.26. The zero-order chi connectivity index (χ0) is 13.7. The van der Waals surface area contributed by atoms with Crippen LogP contribution in [0.2, 0.25) is 0 Å². The normalized spacial score (nSPS) is 12.1. The third kappa shape index (κ3) is 3.26. The van der Waals surface area contributed by atoms with Crippen LogP contribution in [0.25, 0.3) is 0 Å². The van der Waals surface area contributed by atoms with Crippen LogP contribution in [0.5, 0.6) is 0 Å². The van der Waals surface area contributed by atoms with Gasteiger partial charge >= 0.3 is 5.97 Å². The maximum atomic E-state index is 13.3. The molecule has 0 saturated heterocycles. The first-order valence-electron chi connectivity index (χ1n) is 5.45. The van der Waals surface area contributed by atoms with E-state index >= 15 is 0 Å². The van der Waals surface area contributed by atoms with Crippen LogP contribution in [0, 0.1) is 11.7 Å². The summed E-state index contributed by atoms with van der Waals surface area (Å²) in [5.74, 6) is -2.12. The summed E-state index contributed by atoms with van der Waals surface area (Å²) in [4.78, 5) is 26.8. The van der Waals surface area contributed by atoms with Gasteiger partial charge in [-0.25, -0.2) is 9.18 Å². The van der Waals surface area contributed by atoms with Crippen LogP contribution in [0.15, 0.2) is 18.5 Å². The number of amides is 1. The standard InChI is InChI=1S/C12H15FN2O3/c1-7(2)10(12(17)18-3)15-11(16)8-4-5-14-6-9(8)13/h4-7,10H,1-3H3,(H,15,16). The molecule has 6 heteroatoms. The highest BCUT2D eigenvalue weighted by molar-refractivity contribution is 5.96. The lowest BCUT2D eigenvalue weighted by Gasteiger charge is -2.19. The van der Waals surface area contributed by atoms with Gasteiger partial charge in [-0.3, -0.25) is 9.78 Å². The molecule has 1 heterocycles. The van der Waals surface area contributed by atoms with Gasteiger partial charge in [0.15, 0.2) is 5.82 Å². The maximum absolute atomic E-state index is 13.3. The Bertz CT molecular complexity index is 449. The molecule has 1 aromatic rings. The van der Waals surface area contributed by atoms with E-state index in [0.717, 1.165) is 6.20 Å². The Morgan fingerprint density at radius 1 is 1.44 bits per heavy atom. The Morgan fingerprint density at radius 3 is 2.61 bits per heavy atom. The van der Waals surface area contributed by atoms with E-state index < -0.39 is 23.7 Å². The van der Waals surface area contributed by atoms with Crippen molar-refractivity contribution >= 4 is 11.9 Å². The molecule has 0 aromatic carbocycles. The van der Waals surface area contributed by atoms with Crippen molar-refractivity contribution in [3.05, 3.63) is 29.8 Å². The predicted octanol–water partition coefficient (Wildman–Crippen LogP) is 1.15. The van der Waals surface area contributed by atoms with Crippen molar-refractivity contribution in [2.45, 2.75) is 19.9 Å². The van der Waals surface area contributed by atoms with E-state index in [1.807, 2.05) is 0 Å². The Balaban J connectivity index is 2.86. The van der Waals surface area contributed by atoms with Gasteiger partial charge in [-0.2, -0.15) is 0 Å². The van der Waals surface area contributed by atoms with Gasteiger partial charge in [-0.15, -0.1) is 0 Å². The number of hydrogen-bond donors (Lipinski definition) is 1. The summed E-state index contributed by atoms with van der Waals surface area (Å²) in [7, 11) is 1.23. The molecule has 0 fully saturated rings. The van der Waals surface area contributed by atoms with E-state index in [4.69, 9.17) is 0 Å². The van der Waals surface area contributed by atoms with Gasteiger partial charge in [0.1, 0.15) is 6.04 Å². The van der Waals surface area contributed by atoms with Gasteiger partial charge in [-0.1, -0.05) is 13.8 Å². The number of nitrogens with zero attached hydrogens (tertiary/aromatic N) is 1. The molecule has 0 aliphatic rings. The number of esters is 1. The fourth-order valence-electron chi connectivity index (χ4n) is 1.40. The minimum absolute atomic E-state index is 0.153. The van der Waals surface area contributed by atoms with Crippen molar-refractivity contribution in [2.24, 2.45) is 5.92 Å². The summed E-state index contributed by atoms with van der Waals surface area (Å²) in [5, 5.41) is 2.44. The molecular formula is C12H15FN2O3. The first-order valence-corrected chi connectivity index (χ1v) is 5.45. The van der Waals surface area contributed by atoms with E-state index in [2.05, 4.69) is 15.0 Å². The van der Waals surface area contributed by atoms with Crippen LogP contribution in [0.3, 0.4) is 0 Å². The lowest BCUT2D eigenvalue weighted by atomic mass is 10.0. The van der Waals surface area contributed by atoms with E-state index in [1.54, 1.807) is 13.8 Å². The summed E-state index contributed by atoms with van der Waals surface area (Å²) in [5.41, 5.74) is -0.153. The average Bonchev–Trinajstić information content (AvgIpc) is 2.35. The molecule has 0 radical (unpaired) electrons. The second kappa shape index (κ2) is 6.09. The number of aromatic nitrogens is 1. The summed E-state index contributed by atoms with van der Waals surface area (Å²) in [6.07, 6.45) is 2.25. The van der Waals surface area contributed by atoms with Crippen molar-refractivity contribution in [1.29, 1.82) is 0 Å². The Morgan fingerprint density at radius 2 is 2.11 bits per heavy atom. The van der Waals surface area contributed by atoms with E-state index in [1.165, 1.54) is 19.4 Å². The zero-order valence-corrected chi connectivity index (χ0v) is 10.4. The van der Waals surface area contributed by atoms with Gasteiger partial charge in [0, 0.05) is 6.20 Å². The number of carbonyl (C=O) groups is 2. The minimum Gasteiger partial charge on any atom is -0.467 e. The Labute approximate surface area is 104 Å². The third-order valence-electron chi connectivity index (χ3n) is 2.43. The van der Waals surface area contributed by atoms with Crippen molar-refractivity contribution in [3.63, 3.8) is 0 Å². The van der Waals surface area contributed by atoms with Gasteiger partial charge in [0.25, 0.3) is 5.91 Å². The lowest BCUT2D eigenvalue weighted by molar-refractivity contribution is -0.144. The number of hydrogen-bond acceptors (Lipinski definition) is 4. The summed E-state index contributed by atoms with van der Waals surface area (Å²) in [6, 6.07) is 0.439. The maximum Gasteiger partial charge on any atom is 0.328 e. The topological polar surface area (TPSA) is 68.3 Å². The van der Waals surface area contributed by atoms with E-state index in [-0.39, 0.29) is 11.5 Å². The molecule has 1 amide bonds. The summed E-state index contributed by atoms with van der Waals surface area (Å²) < 4.78 is 17.9. The van der Waals surface area contributed by atoms with Crippen molar-refractivity contribution in [2.75, 3.05) is 7.11 Å². The lowest BCUT2D eigenvalue weighted by Crippen LogP contribution is -2.45. The van der Waals surface area contributed by atoms with Gasteiger partial charge in [-0.05, 0) is 12.0 Å². The number of ether oxygens (including phenoxy) is 1. The molecule has 1 unspecified atom stereocenters. The van der Waals surface area contributed by atoms with Crippen LogP contribution < -0.4 is 5.32 Å². The van der Waals surface area contributed by atoms with E-state index in [9.17, 15) is 14.0 Å². The molecule has 1 rings (SSSR count). The average molecular weight is 254 g/mol. The number of methoxy groups -OCH3 is 1. The van der Waals surface area contributed by atoms with Crippen molar-refractivity contribution in [3.8, 4) is 0 Å². The SMILES string of the molecule is COC(=O)C(NC(=O)c1ccncc1F)C(C)C. The molecule has 1 atom stereocenters. The van der Waals surface area contributed by atoms with Crippen molar-refractivity contribution < 1.29 is 18.7 Å². The minimum atomic E-state index is -0.810. The highest BCUT2D eigenvalue weighted by atomic mass is 19.1. The quantitative estimate of drug-likeness (QED) is 0.818. The molecule has 0 aliphatic heterocycles. The largest absolute Gasteiger partial charge is 0.467 e. The van der Waals surface area contributed by atoms with Gasteiger partial charge < -0.3 is 10.1 Å². The molecule has 1 N–H and O–H groups in total. The first kappa shape index (κ1) is 14.1. The van der Waals surface area contributed by atoms with Crippen LogP contribution in [-0.4, -0.2) is 30.0 Å². The fraction of sp³-hybridized carbons (Fsp3) is 0.417. The smallest absolute Gasteiger partial charge is 0.328 e. The third-order valence-corrected chi connectivity index (χ3v) is 2.43. The molecular weight excluding hydrogens is 239 g/mol. The second-order valence-corrected chi connectivity index (χ2v) is 4.07. The summed E-state index contributed by atoms with van der Waals surface area (Å²) >= 11 is 0. The number of carbonyl (C=O) groups excluding carboxylic acids is 2. The molecule has 5 nitrogen and oxygen atoms in total. The van der Waals surface area contributed by atoms with Crippen LogP contribution in [0.4, 0.5) is 4.39 Å². The summed E-state index contributed by atoms with van der Waals surface area (Å²) in [6.45, 7) is 3.51. The molecule has 18 heavy (non-hydrogen) atoms. The molecule has 1 aromatic heterocycles. The molecule has 0 saturated carbocycles. The molecule has 0 spiro atoms.